The Hall–Kier alpha value is -2.35. The van der Waals surface area contributed by atoms with Gasteiger partial charge in [-0.2, -0.15) is 0 Å². The molecule has 3 heterocycles. The third kappa shape index (κ3) is 3.54. The molecular weight excluding hydrogens is 503 g/mol. The highest BCUT2D eigenvalue weighted by atomic mass is 79.9. The number of carbonyl (C=O) groups is 1. The number of hydrogen-bond acceptors (Lipinski definition) is 3. The summed E-state index contributed by atoms with van der Waals surface area (Å²) < 4.78 is 20.9. The number of carbonyl (C=O) groups excluding carboxylic acids is 1. The Morgan fingerprint density at radius 3 is 2.87 bits per heavy atom. The van der Waals surface area contributed by atoms with Crippen molar-refractivity contribution in [2.75, 3.05) is 13.7 Å². The quantitative estimate of drug-likeness (QED) is 0.332. The lowest BCUT2D eigenvalue weighted by Gasteiger charge is -2.35. The van der Waals surface area contributed by atoms with Crippen LogP contribution >= 0.6 is 38.9 Å². The van der Waals surface area contributed by atoms with Crippen molar-refractivity contribution in [1.82, 2.24) is 9.88 Å². The molecule has 2 aromatic carbocycles. The molecule has 4 nitrogen and oxygen atoms in total. The highest BCUT2D eigenvalue weighted by molar-refractivity contribution is 9.10. The predicted molar refractivity (Wildman–Crippen MR) is 125 cm³/mol. The predicted octanol–water partition coefficient (Wildman–Crippen LogP) is 6.58. The molecule has 1 unspecified atom stereocenters. The van der Waals surface area contributed by atoms with Gasteiger partial charge in [0.2, 0.25) is 0 Å². The second-order valence-electron chi connectivity index (χ2n) is 7.37. The number of aromatic amines is 1. The maximum absolute atomic E-state index is 14.5. The fraction of sp³-hybridized carbons (Fsp3) is 0.174. The molecule has 8 heteroatoms. The van der Waals surface area contributed by atoms with E-state index >= 15 is 0 Å². The monoisotopic (exact) mass is 518 g/mol. The number of halogens is 3. The number of nitrogens with one attached hydrogen (secondary N) is 1. The van der Waals surface area contributed by atoms with E-state index < -0.39 is 5.82 Å². The number of rotatable bonds is 3. The highest BCUT2D eigenvalue weighted by Gasteiger charge is 2.36. The van der Waals surface area contributed by atoms with Crippen LogP contribution in [0.15, 0.2) is 52.3 Å². The van der Waals surface area contributed by atoms with E-state index in [0.717, 1.165) is 37.3 Å². The lowest BCUT2D eigenvalue weighted by molar-refractivity contribution is 0.0690. The van der Waals surface area contributed by atoms with Crippen molar-refractivity contribution in [2.24, 2.45) is 0 Å². The van der Waals surface area contributed by atoms with Crippen LogP contribution in [-0.4, -0.2) is 29.4 Å². The number of thiophene rings is 1. The Kier molecular flexibility index (Phi) is 5.28. The Labute approximate surface area is 195 Å². The molecule has 0 fully saturated rings. The minimum Gasteiger partial charge on any atom is -0.497 e. The molecule has 31 heavy (non-hydrogen) atoms. The van der Waals surface area contributed by atoms with Gasteiger partial charge in [-0.15, -0.1) is 11.3 Å². The second-order valence-corrected chi connectivity index (χ2v) is 9.67. The average molecular weight is 520 g/mol. The molecule has 0 aliphatic carbocycles. The van der Waals surface area contributed by atoms with Gasteiger partial charge in [-0.25, -0.2) is 4.39 Å². The van der Waals surface area contributed by atoms with Gasteiger partial charge in [0, 0.05) is 42.9 Å². The van der Waals surface area contributed by atoms with Crippen LogP contribution in [0.3, 0.4) is 0 Å². The number of ether oxygens (including phenoxy) is 1. The minimum absolute atomic E-state index is 0.0191. The molecule has 2 aromatic heterocycles. The molecule has 0 bridgehead atoms. The smallest absolute Gasteiger partial charge is 0.257 e. The van der Waals surface area contributed by atoms with Crippen molar-refractivity contribution in [3.63, 3.8) is 0 Å². The van der Waals surface area contributed by atoms with Crippen molar-refractivity contribution >= 4 is 55.7 Å². The van der Waals surface area contributed by atoms with Crippen LogP contribution in [0, 0.1) is 5.82 Å². The highest BCUT2D eigenvalue weighted by Crippen LogP contribution is 2.42. The van der Waals surface area contributed by atoms with Gasteiger partial charge >= 0.3 is 0 Å². The Morgan fingerprint density at radius 2 is 2.13 bits per heavy atom. The van der Waals surface area contributed by atoms with Crippen LogP contribution in [-0.2, 0) is 6.42 Å². The van der Waals surface area contributed by atoms with Crippen molar-refractivity contribution in [1.29, 1.82) is 0 Å². The summed E-state index contributed by atoms with van der Waals surface area (Å²) in [6, 6.07) is 11.6. The van der Waals surface area contributed by atoms with Crippen LogP contribution in [0.5, 0.6) is 5.75 Å². The first-order chi connectivity index (χ1) is 15.0. The van der Waals surface area contributed by atoms with Gasteiger partial charge in [0.15, 0.2) is 0 Å². The molecule has 1 atom stereocenters. The number of fused-ring (bicyclic) bond motifs is 3. The van der Waals surface area contributed by atoms with Gasteiger partial charge in [0.05, 0.1) is 12.7 Å². The van der Waals surface area contributed by atoms with Crippen molar-refractivity contribution in [3.8, 4) is 5.75 Å². The van der Waals surface area contributed by atoms with E-state index in [9.17, 15) is 9.18 Å². The molecule has 0 saturated heterocycles. The molecule has 0 spiro atoms. The van der Waals surface area contributed by atoms with Crippen molar-refractivity contribution in [2.45, 2.75) is 12.5 Å². The number of methoxy groups -OCH3 is 1. The first-order valence-electron chi connectivity index (χ1n) is 9.64. The molecule has 1 amide bonds. The average Bonchev–Trinajstić information content (AvgIpc) is 3.36. The van der Waals surface area contributed by atoms with Crippen LogP contribution in [0.2, 0.25) is 5.02 Å². The van der Waals surface area contributed by atoms with E-state index in [1.807, 2.05) is 29.6 Å². The van der Waals surface area contributed by atoms with Gasteiger partial charge in [0.25, 0.3) is 5.91 Å². The first kappa shape index (κ1) is 20.5. The molecule has 1 aliphatic rings. The summed E-state index contributed by atoms with van der Waals surface area (Å²) in [7, 11) is 1.65. The van der Waals surface area contributed by atoms with Gasteiger partial charge in [-0.05, 0) is 70.4 Å². The summed E-state index contributed by atoms with van der Waals surface area (Å²) in [5.41, 5.74) is 3.06. The lowest BCUT2D eigenvalue weighted by atomic mass is 9.95. The van der Waals surface area contributed by atoms with Crippen molar-refractivity contribution in [3.05, 3.63) is 84.9 Å². The van der Waals surface area contributed by atoms with E-state index in [1.165, 1.54) is 18.2 Å². The number of H-pyrrole nitrogens is 1. The topological polar surface area (TPSA) is 45.3 Å². The molecule has 158 valence electrons. The van der Waals surface area contributed by atoms with Gasteiger partial charge in [-0.3, -0.25) is 4.79 Å². The normalized spacial score (nSPS) is 15.9. The molecule has 0 saturated carbocycles. The Morgan fingerprint density at radius 1 is 1.29 bits per heavy atom. The SMILES string of the molecule is COc1ccc2[nH]c3c(c2c1)CCN(C(=O)c1cc(Cl)ccc1F)C3c1cc(Br)cs1. The standard InChI is InChI=1S/C23H17BrClFN2O2S/c1-30-14-3-5-19-16(10-14)15-6-7-28(23(29)17-9-13(25)2-4-18(17)26)22(21(15)27-19)20-8-12(24)11-31-20/h2-5,8-11,22,27H,6-7H2,1H3. The largest absolute Gasteiger partial charge is 0.497 e. The second kappa shape index (κ2) is 7.97. The summed E-state index contributed by atoms with van der Waals surface area (Å²) >= 11 is 11.1. The number of hydrogen-bond donors (Lipinski definition) is 1. The minimum atomic E-state index is -0.576. The van der Waals surface area contributed by atoms with Crippen LogP contribution < -0.4 is 4.74 Å². The third-order valence-electron chi connectivity index (χ3n) is 5.61. The Bertz CT molecular complexity index is 1320. The van der Waals surface area contributed by atoms with E-state index in [-0.39, 0.29) is 17.5 Å². The fourth-order valence-corrected chi connectivity index (χ4v) is 5.93. The molecule has 4 aromatic rings. The van der Waals surface area contributed by atoms with E-state index in [4.69, 9.17) is 16.3 Å². The summed E-state index contributed by atoms with van der Waals surface area (Å²) in [5, 5.41) is 3.39. The van der Waals surface area contributed by atoms with Gasteiger partial charge in [0.1, 0.15) is 17.6 Å². The number of amides is 1. The fourth-order valence-electron chi connectivity index (χ4n) is 4.20. The third-order valence-corrected chi connectivity index (χ3v) is 7.59. The number of benzene rings is 2. The molecule has 1 N–H and O–H groups in total. The summed E-state index contributed by atoms with van der Waals surface area (Å²) in [4.78, 5) is 19.7. The first-order valence-corrected chi connectivity index (χ1v) is 11.7. The summed E-state index contributed by atoms with van der Waals surface area (Å²) in [6.07, 6.45) is 0.652. The zero-order chi connectivity index (χ0) is 21.7. The summed E-state index contributed by atoms with van der Waals surface area (Å²) in [5.74, 6) is -0.173. The maximum atomic E-state index is 14.5. The molecular formula is C23H17BrClFN2O2S. The zero-order valence-electron chi connectivity index (χ0n) is 16.4. The zero-order valence-corrected chi connectivity index (χ0v) is 19.6. The maximum Gasteiger partial charge on any atom is 0.257 e. The van der Waals surface area contributed by atoms with Gasteiger partial charge < -0.3 is 14.6 Å². The molecule has 1 aliphatic heterocycles. The number of nitrogens with zero attached hydrogens (tertiary/aromatic N) is 1. The lowest BCUT2D eigenvalue weighted by Crippen LogP contribution is -2.40. The Balaban J connectivity index is 1.67. The van der Waals surface area contributed by atoms with E-state index in [2.05, 4.69) is 20.9 Å². The van der Waals surface area contributed by atoms with Crippen molar-refractivity contribution < 1.29 is 13.9 Å². The van der Waals surface area contributed by atoms with Gasteiger partial charge in [-0.1, -0.05) is 11.6 Å². The van der Waals surface area contributed by atoms with E-state index in [1.54, 1.807) is 23.3 Å². The summed E-state index contributed by atoms with van der Waals surface area (Å²) in [6.45, 7) is 0.460. The van der Waals surface area contributed by atoms with Crippen LogP contribution in [0.1, 0.15) is 32.5 Å². The molecule has 5 rings (SSSR count). The van der Waals surface area contributed by atoms with Crippen LogP contribution in [0.25, 0.3) is 10.9 Å². The van der Waals surface area contributed by atoms with Crippen LogP contribution in [0.4, 0.5) is 4.39 Å². The number of aromatic nitrogens is 1. The molecule has 0 radical (unpaired) electrons. The van der Waals surface area contributed by atoms with E-state index in [0.29, 0.717) is 18.0 Å².